The highest BCUT2D eigenvalue weighted by Gasteiger charge is 2.18. The van der Waals surface area contributed by atoms with E-state index in [4.69, 9.17) is 0 Å². The number of nitrogens with one attached hydrogen (secondary N) is 1. The molecule has 0 saturated carbocycles. The molecule has 4 heterocycles. The monoisotopic (exact) mass is 314 g/mol. The van der Waals surface area contributed by atoms with E-state index in [9.17, 15) is 0 Å². The molecule has 6 nitrogen and oxygen atoms in total. The molecular weight excluding hydrogens is 300 g/mol. The third-order valence-corrected chi connectivity index (χ3v) is 3.44. The van der Waals surface area contributed by atoms with Gasteiger partial charge >= 0.3 is 0 Å². The number of amidine groups is 1. The van der Waals surface area contributed by atoms with Gasteiger partial charge in [-0.05, 0) is 36.4 Å². The van der Waals surface area contributed by atoms with Crippen LogP contribution in [0.1, 0.15) is 11.4 Å². The van der Waals surface area contributed by atoms with Gasteiger partial charge in [-0.1, -0.05) is 18.2 Å². The van der Waals surface area contributed by atoms with Gasteiger partial charge in [-0.25, -0.2) is 15.0 Å². The fourth-order valence-corrected chi connectivity index (χ4v) is 2.32. The number of anilines is 1. The maximum Gasteiger partial charge on any atom is 0.171 e. The average molecular weight is 314 g/mol. The van der Waals surface area contributed by atoms with Crippen molar-refractivity contribution in [3.63, 3.8) is 0 Å². The predicted octanol–water partition coefficient (Wildman–Crippen LogP) is 2.64. The number of aliphatic imine (C=N–C) groups is 1. The molecule has 0 unspecified atom stereocenters. The van der Waals surface area contributed by atoms with Crippen molar-refractivity contribution in [1.82, 2.24) is 20.4 Å². The van der Waals surface area contributed by atoms with Crippen molar-refractivity contribution >= 4 is 17.4 Å². The number of hydrazine groups is 1. The summed E-state index contributed by atoms with van der Waals surface area (Å²) in [6.45, 7) is 0. The molecule has 0 atom stereocenters. The number of rotatable bonds is 3. The molecule has 4 rings (SSSR count). The second-order valence-corrected chi connectivity index (χ2v) is 5.07. The molecule has 1 aliphatic rings. The second-order valence-electron chi connectivity index (χ2n) is 5.07. The first kappa shape index (κ1) is 14.1. The molecule has 0 saturated heterocycles. The Kier molecular flexibility index (Phi) is 3.69. The van der Waals surface area contributed by atoms with Crippen molar-refractivity contribution in [2.24, 2.45) is 4.99 Å². The Morgan fingerprint density at radius 1 is 0.708 bits per heavy atom. The number of nitrogens with zero attached hydrogens (tertiary/aromatic N) is 5. The van der Waals surface area contributed by atoms with Crippen LogP contribution in [0.3, 0.4) is 0 Å². The zero-order chi connectivity index (χ0) is 16.2. The third kappa shape index (κ3) is 2.85. The summed E-state index contributed by atoms with van der Waals surface area (Å²) in [6, 6.07) is 17.2. The standard InChI is InChI=1S/C18H14N6/c1-4-10-19-14(7-1)16-13-24(17-9-3-6-12-21-17)23-18(22-16)15-8-2-5-11-20-15/h1-13H,(H,22,23). The van der Waals surface area contributed by atoms with Crippen molar-refractivity contribution in [3.05, 3.63) is 90.8 Å². The molecule has 0 spiro atoms. The summed E-state index contributed by atoms with van der Waals surface area (Å²) >= 11 is 0. The van der Waals surface area contributed by atoms with Crippen LogP contribution in [0.2, 0.25) is 0 Å². The van der Waals surface area contributed by atoms with Crippen molar-refractivity contribution in [3.8, 4) is 0 Å². The number of hydrogen-bond donors (Lipinski definition) is 1. The summed E-state index contributed by atoms with van der Waals surface area (Å²) in [6.07, 6.45) is 7.11. The van der Waals surface area contributed by atoms with E-state index in [2.05, 4.69) is 25.4 Å². The van der Waals surface area contributed by atoms with E-state index in [-0.39, 0.29) is 0 Å². The van der Waals surface area contributed by atoms with Crippen LogP contribution in [0, 0.1) is 0 Å². The molecule has 116 valence electrons. The van der Waals surface area contributed by atoms with Gasteiger partial charge in [0.25, 0.3) is 0 Å². The molecule has 1 N–H and O–H groups in total. The van der Waals surface area contributed by atoms with Crippen molar-refractivity contribution < 1.29 is 0 Å². The summed E-state index contributed by atoms with van der Waals surface area (Å²) in [5.41, 5.74) is 5.51. The van der Waals surface area contributed by atoms with Crippen LogP contribution in [-0.4, -0.2) is 20.8 Å². The Balaban J connectivity index is 1.79. The van der Waals surface area contributed by atoms with Crippen LogP contribution in [0.15, 0.2) is 84.4 Å². The predicted molar refractivity (Wildman–Crippen MR) is 92.8 cm³/mol. The maximum absolute atomic E-state index is 4.67. The maximum atomic E-state index is 4.67. The van der Waals surface area contributed by atoms with E-state index in [0.717, 1.165) is 22.9 Å². The van der Waals surface area contributed by atoms with E-state index in [1.54, 1.807) is 18.6 Å². The SMILES string of the molecule is C1=C(c2ccccn2)N=C(c2ccccn2)NN1c1ccccn1. The summed E-state index contributed by atoms with van der Waals surface area (Å²) in [4.78, 5) is 17.8. The Hall–Kier alpha value is -3.54. The van der Waals surface area contributed by atoms with Crippen LogP contribution in [0.25, 0.3) is 5.70 Å². The van der Waals surface area contributed by atoms with Gasteiger partial charge in [0.15, 0.2) is 11.7 Å². The minimum atomic E-state index is 0.643. The highest BCUT2D eigenvalue weighted by atomic mass is 15.5. The molecule has 0 aliphatic carbocycles. The van der Waals surface area contributed by atoms with Crippen LogP contribution in [-0.2, 0) is 0 Å². The molecule has 0 radical (unpaired) electrons. The van der Waals surface area contributed by atoms with E-state index < -0.39 is 0 Å². The van der Waals surface area contributed by atoms with E-state index in [0.29, 0.717) is 5.84 Å². The van der Waals surface area contributed by atoms with Gasteiger partial charge in [-0.3, -0.25) is 15.4 Å². The van der Waals surface area contributed by atoms with Gasteiger partial charge in [0.2, 0.25) is 0 Å². The Bertz CT molecular complexity index is 875. The van der Waals surface area contributed by atoms with Gasteiger partial charge < -0.3 is 0 Å². The van der Waals surface area contributed by atoms with Gasteiger partial charge in [0.05, 0.1) is 11.9 Å². The topological polar surface area (TPSA) is 66.3 Å². The first-order chi connectivity index (χ1) is 11.9. The lowest BCUT2D eigenvalue weighted by Gasteiger charge is -2.26. The molecule has 0 aromatic carbocycles. The zero-order valence-corrected chi connectivity index (χ0v) is 12.7. The van der Waals surface area contributed by atoms with Crippen molar-refractivity contribution in [2.75, 3.05) is 5.01 Å². The van der Waals surface area contributed by atoms with Gasteiger partial charge in [0, 0.05) is 18.6 Å². The first-order valence-electron chi connectivity index (χ1n) is 7.50. The van der Waals surface area contributed by atoms with Gasteiger partial charge in [-0.2, -0.15) is 0 Å². The lowest BCUT2D eigenvalue weighted by Crippen LogP contribution is -2.42. The lowest BCUT2D eigenvalue weighted by atomic mass is 10.2. The Morgan fingerprint density at radius 3 is 2.00 bits per heavy atom. The van der Waals surface area contributed by atoms with Gasteiger partial charge in [-0.15, -0.1) is 0 Å². The quantitative estimate of drug-likeness (QED) is 0.805. The number of pyridine rings is 3. The molecule has 1 aliphatic heterocycles. The van der Waals surface area contributed by atoms with Gasteiger partial charge in [0.1, 0.15) is 11.4 Å². The van der Waals surface area contributed by atoms with Crippen LogP contribution in [0.5, 0.6) is 0 Å². The van der Waals surface area contributed by atoms with E-state index in [1.165, 1.54) is 0 Å². The summed E-state index contributed by atoms with van der Waals surface area (Å²) < 4.78 is 0. The highest BCUT2D eigenvalue weighted by Crippen LogP contribution is 2.21. The summed E-state index contributed by atoms with van der Waals surface area (Å²) in [5, 5.41) is 1.82. The normalized spacial score (nSPS) is 13.8. The molecule has 3 aromatic heterocycles. The molecule has 0 bridgehead atoms. The molecule has 0 amide bonds. The lowest BCUT2D eigenvalue weighted by molar-refractivity contribution is 0.879. The zero-order valence-electron chi connectivity index (χ0n) is 12.7. The molecule has 6 heteroatoms. The van der Waals surface area contributed by atoms with Crippen LogP contribution >= 0.6 is 0 Å². The number of aromatic nitrogens is 3. The Morgan fingerprint density at radius 2 is 1.38 bits per heavy atom. The van der Waals surface area contributed by atoms with Crippen molar-refractivity contribution in [1.29, 1.82) is 0 Å². The Labute approximate surface area is 139 Å². The van der Waals surface area contributed by atoms with E-state index >= 15 is 0 Å². The number of hydrogen-bond acceptors (Lipinski definition) is 6. The molecule has 3 aromatic rings. The fourth-order valence-electron chi connectivity index (χ4n) is 2.32. The largest absolute Gasteiger partial charge is 0.274 e. The van der Waals surface area contributed by atoms with E-state index in [1.807, 2.05) is 65.8 Å². The fraction of sp³-hybridized carbons (Fsp3) is 0. The smallest absolute Gasteiger partial charge is 0.171 e. The first-order valence-corrected chi connectivity index (χ1v) is 7.50. The minimum Gasteiger partial charge on any atom is -0.274 e. The summed E-state index contributed by atoms with van der Waals surface area (Å²) in [5.74, 6) is 1.40. The van der Waals surface area contributed by atoms with Crippen molar-refractivity contribution in [2.45, 2.75) is 0 Å². The second kappa shape index (κ2) is 6.29. The van der Waals surface area contributed by atoms with Crippen LogP contribution < -0.4 is 10.4 Å². The summed E-state index contributed by atoms with van der Waals surface area (Å²) in [7, 11) is 0. The minimum absolute atomic E-state index is 0.643. The third-order valence-electron chi connectivity index (χ3n) is 3.44. The molecular formula is C18H14N6. The molecule has 0 fully saturated rings. The average Bonchev–Trinajstić information content (AvgIpc) is 2.70. The van der Waals surface area contributed by atoms with Crippen LogP contribution in [0.4, 0.5) is 5.82 Å². The molecule has 24 heavy (non-hydrogen) atoms. The highest BCUT2D eigenvalue weighted by molar-refractivity contribution is 6.02.